The molecule has 0 aliphatic carbocycles. The molecule has 0 saturated carbocycles. The van der Waals surface area contributed by atoms with E-state index < -0.39 is 10.0 Å². The van der Waals surface area contributed by atoms with Gasteiger partial charge in [-0.15, -0.1) is 0 Å². The number of hydrogen-bond acceptors (Lipinski definition) is 3. The SMILES string of the molecule is CC(C)(C)c1ccccc1OCCNS(=O)(=O)c1ccc(Br)cc1. The minimum atomic E-state index is -3.52. The molecule has 0 aliphatic rings. The molecule has 2 rings (SSSR count). The lowest BCUT2D eigenvalue weighted by atomic mass is 9.86. The van der Waals surface area contributed by atoms with Gasteiger partial charge in [0.15, 0.2) is 0 Å². The maximum atomic E-state index is 12.2. The van der Waals surface area contributed by atoms with Crippen LogP contribution in [0.25, 0.3) is 0 Å². The molecule has 130 valence electrons. The number of ether oxygens (including phenoxy) is 1. The summed E-state index contributed by atoms with van der Waals surface area (Å²) in [6.07, 6.45) is 0. The number of halogens is 1. The monoisotopic (exact) mass is 411 g/mol. The van der Waals surface area contributed by atoms with Crippen LogP contribution in [-0.4, -0.2) is 21.6 Å². The number of nitrogens with one attached hydrogen (secondary N) is 1. The van der Waals surface area contributed by atoms with Gasteiger partial charge >= 0.3 is 0 Å². The molecule has 1 N–H and O–H groups in total. The summed E-state index contributed by atoms with van der Waals surface area (Å²) in [7, 11) is -3.52. The van der Waals surface area contributed by atoms with Crippen molar-refractivity contribution in [3.8, 4) is 5.75 Å². The van der Waals surface area contributed by atoms with Crippen molar-refractivity contribution in [3.63, 3.8) is 0 Å². The molecule has 24 heavy (non-hydrogen) atoms. The second-order valence-electron chi connectivity index (χ2n) is 6.45. The molecule has 4 nitrogen and oxygen atoms in total. The molecule has 0 unspecified atom stereocenters. The van der Waals surface area contributed by atoms with E-state index in [1.807, 2.05) is 24.3 Å². The Kier molecular flexibility index (Phi) is 6.06. The summed E-state index contributed by atoms with van der Waals surface area (Å²) < 4.78 is 33.6. The number of sulfonamides is 1. The van der Waals surface area contributed by atoms with Gasteiger partial charge in [0.25, 0.3) is 0 Å². The third-order valence-electron chi connectivity index (χ3n) is 3.47. The van der Waals surface area contributed by atoms with Gasteiger partial charge in [-0.2, -0.15) is 0 Å². The van der Waals surface area contributed by atoms with E-state index in [4.69, 9.17) is 4.74 Å². The second kappa shape index (κ2) is 7.68. The van der Waals surface area contributed by atoms with E-state index in [9.17, 15) is 8.42 Å². The summed E-state index contributed by atoms with van der Waals surface area (Å²) in [6, 6.07) is 14.3. The van der Waals surface area contributed by atoms with Crippen molar-refractivity contribution in [1.82, 2.24) is 4.72 Å². The fraction of sp³-hybridized carbons (Fsp3) is 0.333. The van der Waals surface area contributed by atoms with Gasteiger partial charge in [-0.3, -0.25) is 0 Å². The summed E-state index contributed by atoms with van der Waals surface area (Å²) in [5.41, 5.74) is 1.06. The first kappa shape index (κ1) is 19.0. The molecule has 0 spiro atoms. The molecule has 0 atom stereocenters. The van der Waals surface area contributed by atoms with Crippen LogP contribution in [0, 0.1) is 0 Å². The van der Waals surface area contributed by atoms with Gasteiger partial charge in [-0.25, -0.2) is 13.1 Å². The van der Waals surface area contributed by atoms with Crippen LogP contribution in [0.15, 0.2) is 57.9 Å². The van der Waals surface area contributed by atoms with Crippen molar-refractivity contribution in [2.24, 2.45) is 0 Å². The van der Waals surface area contributed by atoms with Crippen LogP contribution in [0.4, 0.5) is 0 Å². The summed E-state index contributed by atoms with van der Waals surface area (Å²) in [6.45, 7) is 6.82. The predicted molar refractivity (Wildman–Crippen MR) is 100.0 cm³/mol. The van der Waals surface area contributed by atoms with Gasteiger partial charge in [0.2, 0.25) is 10.0 Å². The first-order valence-electron chi connectivity index (χ1n) is 7.68. The summed E-state index contributed by atoms with van der Waals surface area (Å²) in [4.78, 5) is 0.237. The van der Waals surface area contributed by atoms with Crippen molar-refractivity contribution in [1.29, 1.82) is 0 Å². The first-order valence-corrected chi connectivity index (χ1v) is 9.95. The van der Waals surface area contributed by atoms with Crippen LogP contribution in [0.1, 0.15) is 26.3 Å². The highest BCUT2D eigenvalue weighted by Gasteiger charge is 2.18. The maximum Gasteiger partial charge on any atom is 0.240 e. The molecule has 2 aromatic rings. The Bertz CT molecular complexity index is 781. The Hall–Kier alpha value is -1.37. The number of benzene rings is 2. The summed E-state index contributed by atoms with van der Waals surface area (Å²) in [5.74, 6) is 0.785. The largest absolute Gasteiger partial charge is 0.492 e. The topological polar surface area (TPSA) is 55.4 Å². The Balaban J connectivity index is 1.95. The average molecular weight is 412 g/mol. The van der Waals surface area contributed by atoms with E-state index in [-0.39, 0.29) is 23.5 Å². The molecule has 0 aromatic heterocycles. The fourth-order valence-electron chi connectivity index (χ4n) is 2.25. The third kappa shape index (κ3) is 5.06. The maximum absolute atomic E-state index is 12.2. The minimum absolute atomic E-state index is 0.0342. The molecular weight excluding hydrogens is 390 g/mol. The standard InChI is InChI=1S/C18H22BrNO3S/c1-18(2,3)16-6-4-5-7-17(16)23-13-12-20-24(21,22)15-10-8-14(19)9-11-15/h4-11,20H,12-13H2,1-3H3. The molecule has 0 bridgehead atoms. The normalized spacial score (nSPS) is 12.2. The highest BCUT2D eigenvalue weighted by Crippen LogP contribution is 2.30. The van der Waals surface area contributed by atoms with Crippen molar-refractivity contribution >= 4 is 26.0 Å². The quantitative estimate of drug-likeness (QED) is 0.727. The number of hydrogen-bond donors (Lipinski definition) is 1. The van der Waals surface area contributed by atoms with E-state index in [1.54, 1.807) is 24.3 Å². The minimum Gasteiger partial charge on any atom is -0.492 e. The second-order valence-corrected chi connectivity index (χ2v) is 9.13. The third-order valence-corrected chi connectivity index (χ3v) is 5.48. The van der Waals surface area contributed by atoms with Crippen LogP contribution in [0.5, 0.6) is 5.75 Å². The Morgan fingerprint density at radius 3 is 2.29 bits per heavy atom. The molecule has 6 heteroatoms. The van der Waals surface area contributed by atoms with Gasteiger partial charge in [0.1, 0.15) is 12.4 Å². The smallest absolute Gasteiger partial charge is 0.240 e. The van der Waals surface area contributed by atoms with Gasteiger partial charge in [0.05, 0.1) is 4.90 Å². The lowest BCUT2D eigenvalue weighted by Crippen LogP contribution is -2.28. The molecule has 0 fully saturated rings. The van der Waals surface area contributed by atoms with Crippen molar-refractivity contribution in [3.05, 3.63) is 58.6 Å². The Labute approximate surface area is 152 Å². The number of rotatable bonds is 6. The molecule has 0 amide bonds. The number of para-hydroxylation sites is 1. The van der Waals surface area contributed by atoms with Gasteiger partial charge in [-0.05, 0) is 41.3 Å². The zero-order valence-corrected chi connectivity index (χ0v) is 16.4. The lowest BCUT2D eigenvalue weighted by Gasteiger charge is -2.22. The van der Waals surface area contributed by atoms with Crippen molar-refractivity contribution in [2.45, 2.75) is 31.1 Å². The molecule has 2 aromatic carbocycles. The molecule has 0 radical (unpaired) electrons. The fourth-order valence-corrected chi connectivity index (χ4v) is 3.52. The van der Waals surface area contributed by atoms with Crippen molar-refractivity contribution < 1.29 is 13.2 Å². The van der Waals surface area contributed by atoms with Crippen LogP contribution < -0.4 is 9.46 Å². The zero-order chi connectivity index (χ0) is 17.8. The Morgan fingerprint density at radius 2 is 1.67 bits per heavy atom. The zero-order valence-electron chi connectivity index (χ0n) is 14.0. The van der Waals surface area contributed by atoms with Crippen molar-refractivity contribution in [2.75, 3.05) is 13.2 Å². The summed E-state index contributed by atoms with van der Waals surface area (Å²) in [5, 5.41) is 0. The van der Waals surface area contributed by atoms with Gasteiger partial charge in [0, 0.05) is 11.0 Å². The van der Waals surface area contributed by atoms with E-state index in [0.29, 0.717) is 0 Å². The van der Waals surface area contributed by atoms with Crippen LogP contribution in [0.2, 0.25) is 0 Å². The molecular formula is C18H22BrNO3S. The van der Waals surface area contributed by atoms with Crippen LogP contribution >= 0.6 is 15.9 Å². The average Bonchev–Trinajstić information content (AvgIpc) is 2.51. The molecule has 0 heterocycles. The van der Waals surface area contributed by atoms with E-state index in [0.717, 1.165) is 15.8 Å². The highest BCUT2D eigenvalue weighted by molar-refractivity contribution is 9.10. The van der Waals surface area contributed by atoms with E-state index in [1.165, 1.54) is 0 Å². The van der Waals surface area contributed by atoms with Gasteiger partial charge < -0.3 is 4.74 Å². The molecule has 0 aliphatic heterocycles. The lowest BCUT2D eigenvalue weighted by molar-refractivity contribution is 0.314. The van der Waals surface area contributed by atoms with Gasteiger partial charge in [-0.1, -0.05) is 54.9 Å². The van der Waals surface area contributed by atoms with E-state index in [2.05, 4.69) is 41.4 Å². The summed E-state index contributed by atoms with van der Waals surface area (Å²) >= 11 is 3.29. The van der Waals surface area contributed by atoms with E-state index >= 15 is 0 Å². The van der Waals surface area contributed by atoms with Crippen LogP contribution in [-0.2, 0) is 15.4 Å². The predicted octanol–water partition coefficient (Wildman–Crippen LogP) is 4.10. The first-order chi connectivity index (χ1) is 11.2. The molecule has 0 saturated heterocycles. The highest BCUT2D eigenvalue weighted by atomic mass is 79.9. The Morgan fingerprint density at radius 1 is 1.04 bits per heavy atom. The van der Waals surface area contributed by atoms with Crippen LogP contribution in [0.3, 0.4) is 0 Å².